The summed E-state index contributed by atoms with van der Waals surface area (Å²) in [4.78, 5) is 12.7. The second-order valence-electron chi connectivity index (χ2n) is 8.54. The van der Waals surface area contributed by atoms with E-state index in [9.17, 15) is 4.79 Å². The Bertz CT molecular complexity index is 1340. The van der Waals surface area contributed by atoms with Crippen LogP contribution in [0.5, 0.6) is 11.5 Å². The lowest BCUT2D eigenvalue weighted by molar-refractivity contribution is -0.111. The molecule has 1 unspecified atom stereocenters. The van der Waals surface area contributed by atoms with E-state index in [2.05, 4.69) is 31.3 Å². The van der Waals surface area contributed by atoms with Crippen molar-refractivity contribution in [3.63, 3.8) is 0 Å². The van der Waals surface area contributed by atoms with Gasteiger partial charge in [-0.05, 0) is 66.4 Å². The predicted octanol–water partition coefficient (Wildman–Crippen LogP) is 6.72. The summed E-state index contributed by atoms with van der Waals surface area (Å²) in [6.45, 7) is 4.36. The van der Waals surface area contributed by atoms with Gasteiger partial charge < -0.3 is 14.8 Å². The van der Waals surface area contributed by atoms with Crippen molar-refractivity contribution < 1.29 is 14.3 Å². The first-order valence-electron chi connectivity index (χ1n) is 12.0. The fraction of sp³-hybridized carbons (Fsp3) is 0.200. The van der Waals surface area contributed by atoms with E-state index < -0.39 is 0 Å². The maximum atomic E-state index is 12.7. The number of hydrogen-bond acceptors (Lipinski definition) is 4. The number of methoxy groups -OCH3 is 2. The average molecular weight is 482 g/mol. The standard InChI is InChI=1S/C30H31N3O3/c1-5-21(2)22-11-15-25(16-12-22)31-29(34)18-14-24-20-33(26-9-7-6-8-10-26)32-30(24)23-13-17-27(35-3)28(19-23)36-4/h6-21H,5H2,1-4H3,(H,31,34). The highest BCUT2D eigenvalue weighted by Crippen LogP contribution is 2.34. The maximum Gasteiger partial charge on any atom is 0.248 e. The van der Waals surface area contributed by atoms with Crippen LogP contribution in [0.25, 0.3) is 23.0 Å². The smallest absolute Gasteiger partial charge is 0.248 e. The summed E-state index contributed by atoms with van der Waals surface area (Å²) in [5.41, 5.74) is 5.32. The fourth-order valence-corrected chi connectivity index (χ4v) is 3.91. The molecule has 0 fully saturated rings. The molecule has 184 valence electrons. The summed E-state index contributed by atoms with van der Waals surface area (Å²) in [6.07, 6.45) is 6.29. The van der Waals surface area contributed by atoms with Crippen molar-refractivity contribution in [3.05, 3.63) is 96.2 Å². The zero-order valence-corrected chi connectivity index (χ0v) is 21.1. The summed E-state index contributed by atoms with van der Waals surface area (Å²) < 4.78 is 12.7. The van der Waals surface area contributed by atoms with Gasteiger partial charge in [-0.15, -0.1) is 0 Å². The highest BCUT2D eigenvalue weighted by molar-refractivity contribution is 6.02. The van der Waals surface area contributed by atoms with Gasteiger partial charge in [0.2, 0.25) is 5.91 Å². The summed E-state index contributed by atoms with van der Waals surface area (Å²) in [7, 11) is 3.21. The molecule has 1 aromatic heterocycles. The van der Waals surface area contributed by atoms with E-state index in [1.165, 1.54) is 11.6 Å². The van der Waals surface area contributed by atoms with Crippen LogP contribution in [0.4, 0.5) is 5.69 Å². The van der Waals surface area contributed by atoms with E-state index in [4.69, 9.17) is 14.6 Å². The second kappa shape index (κ2) is 11.4. The van der Waals surface area contributed by atoms with Crippen molar-refractivity contribution in [1.29, 1.82) is 0 Å². The van der Waals surface area contributed by atoms with Crippen LogP contribution in [0.1, 0.15) is 37.3 Å². The normalized spacial score (nSPS) is 11.9. The number of carbonyl (C=O) groups excluding carboxylic acids is 1. The molecule has 3 aromatic carbocycles. The summed E-state index contributed by atoms with van der Waals surface area (Å²) in [5, 5.41) is 7.75. The molecule has 0 aliphatic heterocycles. The molecular weight excluding hydrogens is 450 g/mol. The van der Waals surface area contributed by atoms with Crippen molar-refractivity contribution in [3.8, 4) is 28.4 Å². The Kier molecular flexibility index (Phi) is 7.85. The molecule has 1 amide bonds. The molecule has 0 spiro atoms. The van der Waals surface area contributed by atoms with Gasteiger partial charge in [-0.3, -0.25) is 4.79 Å². The van der Waals surface area contributed by atoms with Crippen LogP contribution in [0.3, 0.4) is 0 Å². The van der Waals surface area contributed by atoms with Crippen LogP contribution >= 0.6 is 0 Å². The van der Waals surface area contributed by atoms with E-state index in [-0.39, 0.29) is 5.91 Å². The lowest BCUT2D eigenvalue weighted by Gasteiger charge is -2.10. The van der Waals surface area contributed by atoms with Crippen molar-refractivity contribution in [2.75, 3.05) is 19.5 Å². The van der Waals surface area contributed by atoms with E-state index in [0.717, 1.165) is 34.6 Å². The fourth-order valence-electron chi connectivity index (χ4n) is 3.91. The number of para-hydroxylation sites is 1. The minimum absolute atomic E-state index is 0.211. The number of hydrogen-bond donors (Lipinski definition) is 1. The van der Waals surface area contributed by atoms with Gasteiger partial charge in [0.05, 0.1) is 19.9 Å². The zero-order chi connectivity index (χ0) is 25.5. The molecule has 0 saturated heterocycles. The van der Waals surface area contributed by atoms with Crippen LogP contribution in [0.15, 0.2) is 85.1 Å². The predicted molar refractivity (Wildman–Crippen MR) is 145 cm³/mol. The molecule has 1 N–H and O–H groups in total. The van der Waals surface area contributed by atoms with E-state index in [1.807, 2.05) is 66.9 Å². The molecule has 1 atom stereocenters. The van der Waals surface area contributed by atoms with Crippen molar-refractivity contribution in [1.82, 2.24) is 9.78 Å². The number of aromatic nitrogens is 2. The van der Waals surface area contributed by atoms with Crippen LogP contribution in [0, 0.1) is 0 Å². The molecule has 0 saturated carbocycles. The molecule has 36 heavy (non-hydrogen) atoms. The highest BCUT2D eigenvalue weighted by atomic mass is 16.5. The minimum Gasteiger partial charge on any atom is -0.493 e. The third-order valence-corrected chi connectivity index (χ3v) is 6.19. The summed E-state index contributed by atoms with van der Waals surface area (Å²) in [5.74, 6) is 1.53. The zero-order valence-electron chi connectivity index (χ0n) is 21.1. The third-order valence-electron chi connectivity index (χ3n) is 6.19. The van der Waals surface area contributed by atoms with Gasteiger partial charge in [0.1, 0.15) is 5.69 Å². The van der Waals surface area contributed by atoms with Crippen LogP contribution in [0.2, 0.25) is 0 Å². The molecule has 0 aliphatic rings. The Labute approximate surface area is 212 Å². The molecule has 6 heteroatoms. The molecule has 4 aromatic rings. The molecule has 0 bridgehead atoms. The lowest BCUT2D eigenvalue weighted by Crippen LogP contribution is -2.07. The van der Waals surface area contributed by atoms with Gasteiger partial charge in [0.15, 0.2) is 11.5 Å². The number of carbonyl (C=O) groups is 1. The average Bonchev–Trinajstić information content (AvgIpc) is 3.36. The first-order chi connectivity index (χ1) is 17.5. The number of nitrogens with one attached hydrogen (secondary N) is 1. The Hall–Kier alpha value is -4.32. The van der Waals surface area contributed by atoms with Crippen molar-refractivity contribution >= 4 is 17.7 Å². The molecule has 0 radical (unpaired) electrons. The topological polar surface area (TPSA) is 65.4 Å². The number of nitrogens with zero attached hydrogens (tertiary/aromatic N) is 2. The van der Waals surface area contributed by atoms with Gasteiger partial charge in [0, 0.05) is 29.1 Å². The van der Waals surface area contributed by atoms with Gasteiger partial charge >= 0.3 is 0 Å². The molecule has 6 nitrogen and oxygen atoms in total. The third kappa shape index (κ3) is 5.66. The number of ether oxygens (including phenoxy) is 2. The van der Waals surface area contributed by atoms with Gasteiger partial charge in [-0.25, -0.2) is 4.68 Å². The van der Waals surface area contributed by atoms with Crippen LogP contribution < -0.4 is 14.8 Å². The second-order valence-corrected chi connectivity index (χ2v) is 8.54. The largest absolute Gasteiger partial charge is 0.493 e. The molecule has 4 rings (SSSR count). The highest BCUT2D eigenvalue weighted by Gasteiger charge is 2.14. The van der Waals surface area contributed by atoms with Gasteiger partial charge in [0.25, 0.3) is 0 Å². The first kappa shape index (κ1) is 24.8. The Morgan fingerprint density at radius 3 is 2.39 bits per heavy atom. The number of amides is 1. The van der Waals surface area contributed by atoms with Gasteiger partial charge in [-0.1, -0.05) is 44.2 Å². The van der Waals surface area contributed by atoms with Crippen LogP contribution in [-0.2, 0) is 4.79 Å². The summed E-state index contributed by atoms with van der Waals surface area (Å²) >= 11 is 0. The SMILES string of the molecule is CCC(C)c1ccc(NC(=O)C=Cc2cn(-c3ccccc3)nc2-c2ccc(OC)c(OC)c2)cc1. The minimum atomic E-state index is -0.211. The van der Waals surface area contributed by atoms with Crippen molar-refractivity contribution in [2.45, 2.75) is 26.2 Å². The molecular formula is C30H31N3O3. The monoisotopic (exact) mass is 481 g/mol. The number of benzene rings is 3. The molecule has 0 aliphatic carbocycles. The number of anilines is 1. The van der Waals surface area contributed by atoms with E-state index in [0.29, 0.717) is 17.4 Å². The maximum absolute atomic E-state index is 12.7. The van der Waals surface area contributed by atoms with Gasteiger partial charge in [-0.2, -0.15) is 5.10 Å². The quantitative estimate of drug-likeness (QED) is 0.270. The van der Waals surface area contributed by atoms with Crippen molar-refractivity contribution in [2.24, 2.45) is 0 Å². The van der Waals surface area contributed by atoms with E-state index in [1.54, 1.807) is 25.0 Å². The van der Waals surface area contributed by atoms with Crippen LogP contribution in [-0.4, -0.2) is 29.9 Å². The van der Waals surface area contributed by atoms with E-state index >= 15 is 0 Å². The first-order valence-corrected chi connectivity index (χ1v) is 12.0. The lowest BCUT2D eigenvalue weighted by atomic mass is 9.99. The summed E-state index contributed by atoms with van der Waals surface area (Å²) in [6, 6.07) is 23.5. The Morgan fingerprint density at radius 2 is 1.72 bits per heavy atom. The Balaban J connectivity index is 1.62. The molecule has 1 heterocycles. The number of rotatable bonds is 9. The Morgan fingerprint density at radius 1 is 1.00 bits per heavy atom.